The molecule has 0 saturated heterocycles. The molecule has 3 aromatic carbocycles. The minimum atomic E-state index is -1.04. The van der Waals surface area contributed by atoms with Crippen molar-refractivity contribution in [1.82, 2.24) is 10.2 Å². The Labute approximate surface area is 243 Å². The number of benzene rings is 3. The summed E-state index contributed by atoms with van der Waals surface area (Å²) in [6, 6.07) is 16.5. The molecule has 0 fully saturated rings. The Balaban J connectivity index is 0.00000387. The molecule has 1 atom stereocenters. The van der Waals surface area contributed by atoms with Crippen LogP contribution in [0.15, 0.2) is 65.7 Å². The number of guanidine groups is 1. The Morgan fingerprint density at radius 3 is 2.41 bits per heavy atom. The number of rotatable bonds is 9. The summed E-state index contributed by atoms with van der Waals surface area (Å²) < 4.78 is 10.7. The van der Waals surface area contributed by atoms with E-state index in [-0.39, 0.29) is 37.2 Å². The zero-order valence-electron chi connectivity index (χ0n) is 22.5. The average molecular weight is 580 g/mol. The van der Waals surface area contributed by atoms with Crippen molar-refractivity contribution < 1.29 is 29.0 Å². The number of aliphatic imine (C=N–C) groups is 1. The number of carboxylic acid groups (broad SMARTS) is 1. The summed E-state index contributed by atoms with van der Waals surface area (Å²) in [6.07, 6.45) is -0.285. The summed E-state index contributed by atoms with van der Waals surface area (Å²) in [5.74, 6) is -0.0265. The molecule has 4 N–H and O–H groups in total. The van der Waals surface area contributed by atoms with E-state index in [1.54, 1.807) is 60.7 Å². The molecule has 214 valence electrons. The van der Waals surface area contributed by atoms with Crippen LogP contribution in [0, 0.1) is 0 Å². The van der Waals surface area contributed by atoms with E-state index in [1.165, 1.54) is 19.1 Å². The van der Waals surface area contributed by atoms with E-state index in [2.05, 4.69) is 20.9 Å². The van der Waals surface area contributed by atoms with Crippen molar-refractivity contribution in [2.45, 2.75) is 19.0 Å². The van der Waals surface area contributed by atoms with Crippen LogP contribution in [0.25, 0.3) is 0 Å². The van der Waals surface area contributed by atoms with E-state index >= 15 is 0 Å². The van der Waals surface area contributed by atoms with Crippen molar-refractivity contribution in [2.24, 2.45) is 4.99 Å². The van der Waals surface area contributed by atoms with Gasteiger partial charge >= 0.3 is 5.97 Å². The first-order valence-corrected chi connectivity index (χ1v) is 12.7. The fourth-order valence-electron chi connectivity index (χ4n) is 4.81. The largest absolute Gasteiger partial charge is 0.493 e. The first-order chi connectivity index (χ1) is 19.4. The second kappa shape index (κ2) is 12.6. The highest BCUT2D eigenvalue weighted by Gasteiger charge is 2.35. The summed E-state index contributed by atoms with van der Waals surface area (Å²) in [7, 11) is 3.01. The Morgan fingerprint density at radius 2 is 1.76 bits per heavy atom. The summed E-state index contributed by atoms with van der Waals surface area (Å²) >= 11 is 0. The van der Waals surface area contributed by atoms with Crippen LogP contribution < -0.4 is 25.4 Å². The molecule has 0 spiro atoms. The van der Waals surface area contributed by atoms with Crippen molar-refractivity contribution in [1.29, 1.82) is 0 Å². The van der Waals surface area contributed by atoms with Crippen molar-refractivity contribution in [3.63, 3.8) is 0 Å². The number of hydrogen-bond donors (Lipinski definition) is 4. The maximum atomic E-state index is 13.5. The monoisotopic (exact) mass is 579 g/mol. The van der Waals surface area contributed by atoms with Gasteiger partial charge in [-0.25, -0.2) is 0 Å². The lowest BCUT2D eigenvalue weighted by molar-refractivity contribution is -0.138. The van der Waals surface area contributed by atoms with E-state index in [0.717, 1.165) is 24.3 Å². The third kappa shape index (κ3) is 6.36. The van der Waals surface area contributed by atoms with Gasteiger partial charge in [0.1, 0.15) is 0 Å². The third-order valence-electron chi connectivity index (χ3n) is 6.82. The quantitative estimate of drug-likeness (QED) is 0.299. The molecule has 2 amide bonds. The van der Waals surface area contributed by atoms with Gasteiger partial charge in [0.15, 0.2) is 17.5 Å². The number of nitrogens with zero attached hydrogens (tertiary/aromatic N) is 2. The number of methoxy groups -OCH3 is 2. The van der Waals surface area contributed by atoms with Gasteiger partial charge in [-0.05, 0) is 59.7 Å². The standard InChI is InChI=1S/C29H29N5O6.ClH/c1-39-24-10-6-18(13-25(24)40-2)23(15-26(35)36)34-16-19-5-9-21(14-22(19)28(34)38)32-27(37)17-3-7-20(8-4-17)33-29-30-11-12-31-29;/h3-10,13-14,23H,11-12,15-16H2,1-2H3,(H,32,37)(H,35,36)(H2,30,31,33);1H. The van der Waals surface area contributed by atoms with Crippen LogP contribution in [0.1, 0.15) is 44.3 Å². The number of aliphatic carboxylic acids is 1. The second-order valence-corrected chi connectivity index (χ2v) is 9.35. The van der Waals surface area contributed by atoms with Crippen LogP contribution in [0.3, 0.4) is 0 Å². The minimum absolute atomic E-state index is 0. The fourth-order valence-corrected chi connectivity index (χ4v) is 4.81. The number of carboxylic acids is 1. The van der Waals surface area contributed by atoms with Crippen molar-refractivity contribution in [2.75, 3.05) is 37.9 Å². The molecule has 41 heavy (non-hydrogen) atoms. The highest BCUT2D eigenvalue weighted by Crippen LogP contribution is 2.38. The molecule has 12 heteroatoms. The van der Waals surface area contributed by atoms with Gasteiger partial charge in [-0.3, -0.25) is 19.4 Å². The molecular weight excluding hydrogens is 550 g/mol. The van der Waals surface area contributed by atoms with Crippen molar-refractivity contribution in [3.05, 3.63) is 82.9 Å². The molecule has 0 aliphatic carbocycles. The molecule has 0 saturated carbocycles. The van der Waals surface area contributed by atoms with Crippen molar-refractivity contribution >= 4 is 47.5 Å². The number of anilines is 2. The summed E-state index contributed by atoms with van der Waals surface area (Å²) in [5, 5.41) is 18.7. The van der Waals surface area contributed by atoms with Crippen LogP contribution in [0.4, 0.5) is 11.4 Å². The second-order valence-electron chi connectivity index (χ2n) is 9.35. The first kappa shape index (κ1) is 29.2. The van der Waals surface area contributed by atoms with Gasteiger partial charge in [-0.1, -0.05) is 12.1 Å². The van der Waals surface area contributed by atoms with Gasteiger partial charge in [0.2, 0.25) is 0 Å². The molecule has 0 aromatic heterocycles. The molecule has 2 aliphatic rings. The molecule has 2 aliphatic heterocycles. The van der Waals surface area contributed by atoms with Crippen LogP contribution in [0.5, 0.6) is 11.5 Å². The SMILES string of the molecule is COc1ccc(C(CC(=O)O)N2Cc3ccc(NC(=O)c4ccc(NC5=NCCN5)cc4)cc3C2=O)cc1OC.Cl. The first-order valence-electron chi connectivity index (χ1n) is 12.7. The lowest BCUT2D eigenvalue weighted by Crippen LogP contribution is -2.31. The molecule has 3 aromatic rings. The number of amides is 2. The number of ether oxygens (including phenoxy) is 2. The van der Waals surface area contributed by atoms with Crippen LogP contribution in [0.2, 0.25) is 0 Å². The number of halogens is 1. The average Bonchev–Trinajstić information content (AvgIpc) is 3.59. The zero-order valence-corrected chi connectivity index (χ0v) is 23.3. The van der Waals surface area contributed by atoms with Gasteiger partial charge in [0, 0.05) is 35.6 Å². The molecule has 5 rings (SSSR count). The van der Waals surface area contributed by atoms with E-state index in [1.807, 2.05) is 0 Å². The highest BCUT2D eigenvalue weighted by molar-refractivity contribution is 6.06. The van der Waals surface area contributed by atoms with Crippen LogP contribution >= 0.6 is 12.4 Å². The van der Waals surface area contributed by atoms with Gasteiger partial charge < -0.3 is 35.4 Å². The predicted molar refractivity (Wildman–Crippen MR) is 156 cm³/mol. The maximum absolute atomic E-state index is 13.5. The van der Waals surface area contributed by atoms with Crippen LogP contribution in [-0.2, 0) is 11.3 Å². The number of nitrogens with one attached hydrogen (secondary N) is 3. The van der Waals surface area contributed by atoms with Gasteiger partial charge in [0.25, 0.3) is 11.8 Å². The lowest BCUT2D eigenvalue weighted by atomic mass is 10.0. The van der Waals surface area contributed by atoms with E-state index < -0.39 is 12.0 Å². The predicted octanol–water partition coefficient (Wildman–Crippen LogP) is 3.92. The number of carbonyl (C=O) groups is 3. The summed E-state index contributed by atoms with van der Waals surface area (Å²) in [6.45, 7) is 1.75. The summed E-state index contributed by atoms with van der Waals surface area (Å²) in [5.41, 5.74) is 3.50. The molecule has 0 bridgehead atoms. The van der Waals surface area contributed by atoms with E-state index in [0.29, 0.717) is 39.8 Å². The molecule has 0 radical (unpaired) electrons. The highest BCUT2D eigenvalue weighted by atomic mass is 35.5. The van der Waals surface area contributed by atoms with Crippen molar-refractivity contribution in [3.8, 4) is 11.5 Å². The zero-order chi connectivity index (χ0) is 28.2. The lowest BCUT2D eigenvalue weighted by Gasteiger charge is -2.27. The number of fused-ring (bicyclic) bond motifs is 1. The van der Waals surface area contributed by atoms with Crippen LogP contribution in [-0.4, -0.2) is 61.1 Å². The smallest absolute Gasteiger partial charge is 0.305 e. The third-order valence-corrected chi connectivity index (χ3v) is 6.82. The topological polar surface area (TPSA) is 142 Å². The fraction of sp³-hybridized carbons (Fsp3) is 0.241. The molecular formula is C29H30ClN5O6. The molecule has 11 nitrogen and oxygen atoms in total. The van der Waals surface area contributed by atoms with E-state index in [9.17, 15) is 19.5 Å². The minimum Gasteiger partial charge on any atom is -0.493 e. The number of carbonyl (C=O) groups excluding carboxylic acids is 2. The van der Waals surface area contributed by atoms with Gasteiger partial charge in [0.05, 0.1) is 33.2 Å². The number of hydrogen-bond acceptors (Lipinski definition) is 8. The summed E-state index contributed by atoms with van der Waals surface area (Å²) in [4.78, 5) is 44.0. The van der Waals surface area contributed by atoms with Gasteiger partial charge in [-0.2, -0.15) is 0 Å². The Kier molecular flexibility index (Phi) is 8.98. The maximum Gasteiger partial charge on any atom is 0.305 e. The Bertz CT molecular complexity index is 1490. The molecule has 2 heterocycles. The molecule has 1 unspecified atom stereocenters. The van der Waals surface area contributed by atoms with Gasteiger partial charge in [-0.15, -0.1) is 12.4 Å². The Hall–Kier alpha value is -4.77. The van der Waals surface area contributed by atoms with E-state index in [4.69, 9.17) is 9.47 Å². The Morgan fingerprint density at radius 1 is 1.02 bits per heavy atom. The normalized spacial score (nSPS) is 14.2.